The van der Waals surface area contributed by atoms with Crippen LogP contribution in [0.25, 0.3) is 5.65 Å². The summed E-state index contributed by atoms with van der Waals surface area (Å²) < 4.78 is 44.2. The van der Waals surface area contributed by atoms with Crippen molar-refractivity contribution in [1.29, 1.82) is 0 Å². The smallest absolute Gasteiger partial charge is 0.330 e. The number of nitrogens with two attached hydrogens (primary N) is 1. The van der Waals surface area contributed by atoms with Crippen LogP contribution in [-0.4, -0.2) is 43.1 Å². The number of carbonyl (C=O) groups excluding carboxylic acids is 1. The van der Waals surface area contributed by atoms with E-state index in [1.807, 2.05) is 44.2 Å². The molecule has 1 atom stereocenters. The van der Waals surface area contributed by atoms with Crippen LogP contribution >= 0.6 is 24.0 Å². The summed E-state index contributed by atoms with van der Waals surface area (Å²) in [6.07, 6.45) is -4.42. The second-order valence-electron chi connectivity index (χ2n) is 9.83. The average molecular weight is 611 g/mol. The van der Waals surface area contributed by atoms with E-state index in [0.29, 0.717) is 12.1 Å². The number of rotatable bonds is 9. The molecule has 0 fully saturated rings. The molecule has 2 heterocycles. The number of halogens is 5. The van der Waals surface area contributed by atoms with Crippen LogP contribution in [0.5, 0.6) is 0 Å². The maximum atomic E-state index is 14.0. The monoisotopic (exact) mass is 610 g/mol. The van der Waals surface area contributed by atoms with Gasteiger partial charge in [-0.05, 0) is 43.5 Å². The Hall–Kier alpha value is -3.41. The molecule has 0 spiro atoms. The number of hydrogen-bond acceptors (Lipinski definition) is 5. The van der Waals surface area contributed by atoms with E-state index in [1.54, 1.807) is 6.92 Å². The summed E-state index contributed by atoms with van der Waals surface area (Å²) in [4.78, 5) is 33.8. The second kappa shape index (κ2) is 13.1. The molecule has 8 nitrogen and oxygen atoms in total. The van der Waals surface area contributed by atoms with Crippen molar-refractivity contribution in [2.24, 2.45) is 11.7 Å². The molecule has 1 amide bonds. The van der Waals surface area contributed by atoms with E-state index in [2.05, 4.69) is 5.10 Å². The van der Waals surface area contributed by atoms with Crippen molar-refractivity contribution >= 4 is 35.6 Å². The van der Waals surface area contributed by atoms with E-state index in [-0.39, 0.29) is 54.5 Å². The third-order valence-corrected chi connectivity index (χ3v) is 7.06. The highest BCUT2D eigenvalue weighted by Gasteiger charge is 2.39. The summed E-state index contributed by atoms with van der Waals surface area (Å²) in [5.41, 5.74) is 4.98. The number of carbonyl (C=O) groups is 1. The van der Waals surface area contributed by atoms with Crippen molar-refractivity contribution in [1.82, 2.24) is 24.1 Å². The molecule has 0 bridgehead atoms. The highest BCUT2D eigenvalue weighted by atomic mass is 35.5. The van der Waals surface area contributed by atoms with Gasteiger partial charge in [-0.3, -0.25) is 9.36 Å². The Bertz CT molecular complexity index is 1570. The van der Waals surface area contributed by atoms with E-state index in [0.717, 1.165) is 22.2 Å². The Morgan fingerprint density at radius 1 is 1.10 bits per heavy atom. The fourth-order valence-corrected chi connectivity index (χ4v) is 4.91. The van der Waals surface area contributed by atoms with Crippen LogP contribution in [0.1, 0.15) is 59.3 Å². The SMILES string of the molecule is Cc1nn2c(=O)n(Cc3ccccc3)c(C(C(C)C)N(CCCN)C(=O)c3ccccc3C(F)(F)F)nc2c1Cl.Cl. The lowest BCUT2D eigenvalue weighted by atomic mass is 9.98. The Kier molecular flexibility index (Phi) is 10.2. The van der Waals surface area contributed by atoms with Gasteiger partial charge in [0.05, 0.1) is 29.4 Å². The minimum Gasteiger partial charge on any atom is -0.330 e. The lowest BCUT2D eigenvalue weighted by Crippen LogP contribution is -2.43. The fourth-order valence-electron chi connectivity index (χ4n) is 4.74. The zero-order chi connectivity index (χ0) is 29.2. The highest BCUT2D eigenvalue weighted by Crippen LogP contribution is 2.35. The van der Waals surface area contributed by atoms with E-state index >= 15 is 0 Å². The molecule has 4 rings (SSSR count). The van der Waals surface area contributed by atoms with E-state index in [9.17, 15) is 22.8 Å². The summed E-state index contributed by atoms with van der Waals surface area (Å²) in [7, 11) is 0. The lowest BCUT2D eigenvalue weighted by Gasteiger charge is -2.35. The number of hydrogen-bond donors (Lipinski definition) is 1. The molecule has 4 aromatic rings. The topological polar surface area (TPSA) is 98.5 Å². The summed E-state index contributed by atoms with van der Waals surface area (Å²) in [6.45, 7) is 5.61. The van der Waals surface area contributed by atoms with Gasteiger partial charge >= 0.3 is 11.9 Å². The first kappa shape index (κ1) is 32.1. The summed E-state index contributed by atoms with van der Waals surface area (Å²) in [6, 6.07) is 12.9. The number of benzene rings is 2. The standard InChI is InChI=1S/C28H30ClF3N6O2.ClH/c1-17(2)23(36(15-9-14-33)26(39)20-12-7-8-13-21(20)28(30,31)32)25-34-24-22(29)18(3)35-38(24)27(40)37(25)16-19-10-5-4-6-11-19;/h4-8,10-13,17,23H,9,14-16,33H2,1-3H3;1H. The number of aromatic nitrogens is 4. The molecule has 1 unspecified atom stereocenters. The number of nitrogens with zero attached hydrogens (tertiary/aromatic N) is 5. The summed E-state index contributed by atoms with van der Waals surface area (Å²) >= 11 is 6.46. The normalized spacial score (nSPS) is 12.4. The molecule has 0 saturated heterocycles. The number of fused-ring (bicyclic) bond motifs is 1. The van der Waals surface area contributed by atoms with E-state index in [4.69, 9.17) is 22.3 Å². The van der Waals surface area contributed by atoms with Crippen LogP contribution < -0.4 is 11.4 Å². The third kappa shape index (κ3) is 6.58. The third-order valence-electron chi connectivity index (χ3n) is 6.62. The van der Waals surface area contributed by atoms with Crippen molar-refractivity contribution in [3.05, 3.63) is 98.3 Å². The van der Waals surface area contributed by atoms with E-state index < -0.39 is 34.9 Å². The molecular weight excluding hydrogens is 580 g/mol. The molecule has 41 heavy (non-hydrogen) atoms. The van der Waals surface area contributed by atoms with Gasteiger partial charge in [0.2, 0.25) is 0 Å². The Balaban J connectivity index is 0.00000462. The average Bonchev–Trinajstić information content (AvgIpc) is 3.21. The zero-order valence-corrected chi connectivity index (χ0v) is 24.3. The van der Waals surface area contributed by atoms with Gasteiger partial charge in [0.15, 0.2) is 5.65 Å². The van der Waals surface area contributed by atoms with Gasteiger partial charge in [0.25, 0.3) is 5.91 Å². The largest absolute Gasteiger partial charge is 0.417 e. The highest BCUT2D eigenvalue weighted by molar-refractivity contribution is 6.34. The molecule has 0 radical (unpaired) electrons. The number of aryl methyl sites for hydroxylation is 1. The molecule has 0 saturated carbocycles. The van der Waals surface area contributed by atoms with Gasteiger partial charge in [-0.2, -0.15) is 22.8 Å². The van der Waals surface area contributed by atoms with Crippen molar-refractivity contribution in [3.63, 3.8) is 0 Å². The maximum Gasteiger partial charge on any atom is 0.417 e. The first-order chi connectivity index (χ1) is 19.0. The maximum absolute atomic E-state index is 14.0. The van der Waals surface area contributed by atoms with Gasteiger partial charge in [-0.1, -0.05) is 67.9 Å². The molecular formula is C28H31Cl2F3N6O2. The predicted octanol–water partition coefficient (Wildman–Crippen LogP) is 5.53. The number of alkyl halides is 3. The minimum absolute atomic E-state index is 0. The number of amides is 1. The van der Waals surface area contributed by atoms with Gasteiger partial charge in [0, 0.05) is 6.54 Å². The molecule has 0 aliphatic rings. The van der Waals surface area contributed by atoms with Crippen LogP contribution in [0.15, 0.2) is 59.4 Å². The van der Waals surface area contributed by atoms with Crippen LogP contribution in [-0.2, 0) is 12.7 Å². The lowest BCUT2D eigenvalue weighted by molar-refractivity contribution is -0.138. The first-order valence-electron chi connectivity index (χ1n) is 12.8. The van der Waals surface area contributed by atoms with Crippen LogP contribution in [0.2, 0.25) is 5.02 Å². The van der Waals surface area contributed by atoms with Crippen LogP contribution in [0.4, 0.5) is 13.2 Å². The fraction of sp³-hybridized carbons (Fsp3) is 0.357. The molecule has 0 aliphatic carbocycles. The predicted molar refractivity (Wildman–Crippen MR) is 154 cm³/mol. The second-order valence-corrected chi connectivity index (χ2v) is 10.2. The minimum atomic E-state index is -4.74. The van der Waals surface area contributed by atoms with Crippen LogP contribution in [0.3, 0.4) is 0 Å². The van der Waals surface area contributed by atoms with Gasteiger partial charge in [-0.15, -0.1) is 12.4 Å². The molecule has 0 aliphatic heterocycles. The summed E-state index contributed by atoms with van der Waals surface area (Å²) in [5.74, 6) is -1.01. The van der Waals surface area contributed by atoms with Crippen molar-refractivity contribution < 1.29 is 18.0 Å². The molecule has 2 aromatic heterocycles. The Morgan fingerprint density at radius 2 is 1.73 bits per heavy atom. The zero-order valence-electron chi connectivity index (χ0n) is 22.7. The van der Waals surface area contributed by atoms with E-state index in [1.165, 1.54) is 21.6 Å². The van der Waals surface area contributed by atoms with Crippen LogP contribution in [0, 0.1) is 12.8 Å². The molecule has 2 N–H and O–H groups in total. The summed E-state index contributed by atoms with van der Waals surface area (Å²) in [5, 5.41) is 4.42. The van der Waals surface area contributed by atoms with Gasteiger partial charge in [0.1, 0.15) is 10.8 Å². The van der Waals surface area contributed by atoms with Crippen molar-refractivity contribution in [2.75, 3.05) is 13.1 Å². The molecule has 2 aromatic carbocycles. The first-order valence-corrected chi connectivity index (χ1v) is 13.2. The Labute approximate surface area is 246 Å². The molecule has 220 valence electrons. The quantitative estimate of drug-likeness (QED) is 0.269. The molecule has 13 heteroatoms. The van der Waals surface area contributed by atoms with Gasteiger partial charge in [-0.25, -0.2) is 9.78 Å². The Morgan fingerprint density at radius 3 is 2.34 bits per heavy atom. The van der Waals surface area contributed by atoms with Gasteiger partial charge < -0.3 is 10.6 Å². The van der Waals surface area contributed by atoms with Crippen molar-refractivity contribution in [2.45, 2.75) is 46.0 Å². The van der Waals surface area contributed by atoms with Crippen molar-refractivity contribution in [3.8, 4) is 0 Å².